The molecule has 0 aromatic heterocycles. The first kappa shape index (κ1) is 59.5. The molecule has 79 heavy (non-hydrogen) atoms. The number of hydrazine groups is 2. The Morgan fingerprint density at radius 1 is 0.215 bits per heavy atom. The van der Waals surface area contributed by atoms with Gasteiger partial charge in [0.25, 0.3) is 0 Å². The van der Waals surface area contributed by atoms with Gasteiger partial charge in [0.15, 0.2) is 0 Å². The summed E-state index contributed by atoms with van der Waals surface area (Å²) in [7, 11) is 8.10. The summed E-state index contributed by atoms with van der Waals surface area (Å²) in [4.78, 5) is 0. The third-order valence-corrected chi connectivity index (χ3v) is 26.7. The van der Waals surface area contributed by atoms with E-state index in [1.807, 2.05) is 28.2 Å². The topological polar surface area (TPSA) is 97.6 Å². The molecule has 9 aliphatic carbocycles. The largest absolute Gasteiger partial charge is 6.00 e. The van der Waals surface area contributed by atoms with Crippen LogP contribution in [-0.4, -0.2) is 123 Å². The number of rotatable bonds is 4. The van der Waals surface area contributed by atoms with E-state index in [9.17, 15) is 0 Å². The van der Waals surface area contributed by atoms with Gasteiger partial charge in [-0.3, -0.25) is 20.0 Å². The molecule has 0 aromatic rings. The quantitative estimate of drug-likeness (QED) is 0.262. The summed E-state index contributed by atoms with van der Waals surface area (Å²) >= 11 is 0. The summed E-state index contributed by atoms with van der Waals surface area (Å²) in [6.45, 7) is 3.43. The van der Waals surface area contributed by atoms with E-state index >= 15 is 0 Å². The Hall–Kier alpha value is 0.119. The predicted octanol–water partition coefficient (Wildman–Crippen LogP) is 16.6. The Morgan fingerprint density at radius 2 is 0.367 bits per heavy atom. The van der Waals surface area contributed by atoms with Crippen LogP contribution in [0, 0.1) is 94.7 Å². The molecule has 0 radical (unpaired) electrons. The van der Waals surface area contributed by atoms with Crippen LogP contribution in [0.2, 0.25) is 0 Å². The molecular formula is C68H116FeN10. The summed E-state index contributed by atoms with van der Waals surface area (Å²) in [6, 6.07) is 4.65. The molecule has 10 nitrogen and oxygen atoms in total. The summed E-state index contributed by atoms with van der Waals surface area (Å²) in [5.74, 6) is 13.0. The van der Waals surface area contributed by atoms with Crippen LogP contribution in [0.4, 0.5) is 0 Å². The molecule has 16 unspecified atom stereocenters. The average molecular weight is 1130 g/mol. The fourth-order valence-electron chi connectivity index (χ4n) is 23.1. The van der Waals surface area contributed by atoms with Gasteiger partial charge in [0.05, 0.1) is 0 Å². The fraction of sp³-hybridized carbons (Fsp3) is 1.00. The van der Waals surface area contributed by atoms with Crippen molar-refractivity contribution in [2.45, 2.75) is 279 Å². The van der Waals surface area contributed by atoms with Crippen molar-refractivity contribution in [3.8, 4) is 0 Å². The second-order valence-corrected chi connectivity index (χ2v) is 30.5. The zero-order valence-electron chi connectivity index (χ0n) is 51.0. The zero-order chi connectivity index (χ0) is 52.7. The number of hydrogen-bond donors (Lipinski definition) is 0. The van der Waals surface area contributed by atoms with Gasteiger partial charge in [-0.25, -0.2) is 0 Å². The molecule has 15 rings (SSSR count). The van der Waals surface area contributed by atoms with Crippen molar-refractivity contribution >= 4 is 0 Å². The van der Waals surface area contributed by atoms with Crippen LogP contribution < -0.4 is 0 Å². The molecule has 0 aromatic carbocycles. The molecular weight excluding hydrogens is 1010 g/mol. The molecule has 15 fully saturated rings. The standard InChI is InChI=1S/C60H96N4.2C4H10N3.Fe/c1-5-21-37(22-6-1)49-53-41-29-13-15-31-43(41)55(61-53)50(38-23-7-2-8-24-38)57-45-33-17-19-35-47(45)59(63-57)52(40-27-11-4-12-28-40)60-48-36-20-18-34-46(48)58(64-60)51(39-25-9-3-10-26-39)56-44-32-16-14-30-42(44)54(49)62-56;2*1-6-3-5-4-7(6)2;/h37-60H,1-36H2;2*3-4H2,1-2H3;/q-4;2*-1;+6. The molecule has 0 N–H and O–H groups in total. The minimum absolute atomic E-state index is 0. The molecule has 8 bridgehead atoms. The molecule has 6 heterocycles. The maximum absolute atomic E-state index is 6.76. The van der Waals surface area contributed by atoms with Crippen molar-refractivity contribution in [3.05, 3.63) is 31.9 Å². The summed E-state index contributed by atoms with van der Waals surface area (Å²) < 4.78 is 0. The van der Waals surface area contributed by atoms with Crippen molar-refractivity contribution < 1.29 is 17.1 Å². The van der Waals surface area contributed by atoms with Gasteiger partial charge in [-0.05, 0) is 51.9 Å². The Kier molecular flexibility index (Phi) is 20.7. The van der Waals surface area contributed by atoms with Gasteiger partial charge in [-0.1, -0.05) is 329 Å². The van der Waals surface area contributed by atoms with Gasteiger partial charge < -0.3 is 31.9 Å². The third kappa shape index (κ3) is 12.3. The predicted molar refractivity (Wildman–Crippen MR) is 323 cm³/mol. The van der Waals surface area contributed by atoms with Crippen molar-refractivity contribution in [1.82, 2.24) is 20.0 Å². The van der Waals surface area contributed by atoms with E-state index in [0.717, 1.165) is 121 Å². The first-order valence-electron chi connectivity index (χ1n) is 35.3. The van der Waals surface area contributed by atoms with E-state index in [4.69, 9.17) is 21.3 Å². The molecule has 11 heteroatoms. The molecule has 0 amide bonds. The van der Waals surface area contributed by atoms with E-state index in [1.54, 1.807) is 0 Å². The maximum atomic E-state index is 6.76. The smallest absolute Gasteiger partial charge is 0.656 e. The van der Waals surface area contributed by atoms with Crippen molar-refractivity contribution in [1.29, 1.82) is 0 Å². The third-order valence-electron chi connectivity index (χ3n) is 26.7. The Bertz CT molecular complexity index is 1520. The summed E-state index contributed by atoms with van der Waals surface area (Å²) in [5, 5.41) is 43.5. The SMILES string of the molecule is C1CCC(C2C3[N-]C(C4CCCCC43)C(C3CCCCC3)C3[N-]C(C4CCCCC43)C(C3CCCCC3)C3[N-]C(C4CCCCC43)C(C3CCCCC3)C3[N-]C2C2CCCCC23)CC1.CN1C[N-]CN1C.CN1C[N-]CN1C.[Fe+6]. The average Bonchev–Trinajstić information content (AvgIpc) is 4.50. The van der Waals surface area contributed by atoms with E-state index in [0.29, 0.717) is 48.3 Å². The first-order valence-corrected chi connectivity index (χ1v) is 35.3. The van der Waals surface area contributed by atoms with E-state index in [2.05, 4.69) is 30.7 Å². The Labute approximate surface area is 495 Å². The molecule has 9 saturated carbocycles. The Morgan fingerprint density at radius 3 is 0.506 bits per heavy atom. The summed E-state index contributed by atoms with van der Waals surface area (Å²) in [6.07, 6.45) is 53.3. The van der Waals surface area contributed by atoms with Gasteiger partial charge in [-0.15, -0.1) is 48.3 Å². The minimum Gasteiger partial charge on any atom is -0.656 e. The summed E-state index contributed by atoms with van der Waals surface area (Å²) in [5.41, 5.74) is 0. The molecule has 6 saturated heterocycles. The Balaban J connectivity index is 0.000000364. The molecule has 16 atom stereocenters. The van der Waals surface area contributed by atoms with Crippen LogP contribution >= 0.6 is 0 Å². The maximum Gasteiger partial charge on any atom is 6.00 e. The van der Waals surface area contributed by atoms with Gasteiger partial charge >= 0.3 is 17.1 Å². The normalized spacial score (nSPS) is 46.9. The van der Waals surface area contributed by atoms with E-state index < -0.39 is 0 Å². The minimum atomic E-state index is 0. The van der Waals surface area contributed by atoms with E-state index in [-0.39, 0.29) is 17.1 Å². The fourth-order valence-corrected chi connectivity index (χ4v) is 23.1. The van der Waals surface area contributed by atoms with Crippen molar-refractivity contribution in [2.24, 2.45) is 94.7 Å². The monoisotopic (exact) mass is 1130 g/mol. The van der Waals surface area contributed by atoms with Gasteiger partial charge in [0, 0.05) is 0 Å². The first-order chi connectivity index (χ1) is 38.4. The van der Waals surface area contributed by atoms with Crippen molar-refractivity contribution in [2.75, 3.05) is 54.9 Å². The molecule has 15 aliphatic rings. The number of nitrogens with zero attached hydrogens (tertiary/aromatic N) is 10. The second kappa shape index (κ2) is 27.4. The number of hydrogen-bond acceptors (Lipinski definition) is 4. The van der Waals surface area contributed by atoms with Crippen LogP contribution in [0.5, 0.6) is 0 Å². The van der Waals surface area contributed by atoms with E-state index in [1.165, 1.54) is 231 Å². The van der Waals surface area contributed by atoms with Gasteiger partial charge in [0.1, 0.15) is 0 Å². The van der Waals surface area contributed by atoms with Crippen LogP contribution in [0.25, 0.3) is 31.9 Å². The van der Waals surface area contributed by atoms with Gasteiger partial charge in [-0.2, -0.15) is 0 Å². The van der Waals surface area contributed by atoms with Crippen LogP contribution in [0.1, 0.15) is 231 Å². The van der Waals surface area contributed by atoms with Crippen LogP contribution in [0.15, 0.2) is 0 Å². The van der Waals surface area contributed by atoms with Gasteiger partial charge in [0.2, 0.25) is 0 Å². The molecule has 446 valence electrons. The molecule has 6 aliphatic heterocycles. The van der Waals surface area contributed by atoms with Crippen LogP contribution in [0.3, 0.4) is 0 Å². The van der Waals surface area contributed by atoms with Crippen LogP contribution in [-0.2, 0) is 17.1 Å². The molecule has 0 spiro atoms. The van der Waals surface area contributed by atoms with Crippen molar-refractivity contribution in [3.63, 3.8) is 0 Å². The zero-order valence-corrected chi connectivity index (χ0v) is 52.1. The second-order valence-electron chi connectivity index (χ2n) is 30.5.